The van der Waals surface area contributed by atoms with Crippen LogP contribution in [0, 0.1) is 0 Å². The molecule has 0 saturated carbocycles. The van der Waals surface area contributed by atoms with Gasteiger partial charge in [-0.25, -0.2) is 13.4 Å². The molecule has 0 aromatic heterocycles. The van der Waals surface area contributed by atoms with Crippen molar-refractivity contribution in [3.63, 3.8) is 0 Å². The van der Waals surface area contributed by atoms with Gasteiger partial charge in [0.15, 0.2) is 0 Å². The zero-order valence-electron chi connectivity index (χ0n) is 17.4. The Morgan fingerprint density at radius 2 is 1.93 bits per heavy atom. The predicted molar refractivity (Wildman–Crippen MR) is 115 cm³/mol. The Kier molecular flexibility index (Phi) is 6.31. The molecule has 1 N–H and O–H groups in total. The van der Waals surface area contributed by atoms with E-state index in [0.717, 1.165) is 11.8 Å². The van der Waals surface area contributed by atoms with Crippen LogP contribution in [0.15, 0.2) is 47.6 Å². The maximum absolute atomic E-state index is 12.7. The van der Waals surface area contributed by atoms with Crippen LogP contribution in [0.1, 0.15) is 36.9 Å². The number of carbonyl (C=O) groups is 1. The molecule has 9 heteroatoms. The van der Waals surface area contributed by atoms with E-state index < -0.39 is 10.0 Å². The summed E-state index contributed by atoms with van der Waals surface area (Å²) in [7, 11) is -0.332. The highest BCUT2D eigenvalue weighted by molar-refractivity contribution is 7.92. The standard InChI is InChI=1S/C21H25N3O5S/c1-5-21(25)24-19(16-11-10-14(28-2)12-20(16)29-3)13-18(22-24)15-8-6-7-9-17(15)23-30(4,26)27/h6-12,19,23H,5,13H2,1-4H3. The molecule has 0 saturated heterocycles. The quantitative estimate of drug-likeness (QED) is 0.726. The maximum atomic E-state index is 12.7. The fraction of sp³-hybridized carbons (Fsp3) is 0.333. The summed E-state index contributed by atoms with van der Waals surface area (Å²) in [6.07, 6.45) is 1.80. The highest BCUT2D eigenvalue weighted by atomic mass is 32.2. The third-order valence-electron chi connectivity index (χ3n) is 4.80. The first-order chi connectivity index (χ1) is 14.3. The summed E-state index contributed by atoms with van der Waals surface area (Å²) in [6.45, 7) is 1.78. The number of amides is 1. The van der Waals surface area contributed by atoms with E-state index >= 15 is 0 Å². The van der Waals surface area contributed by atoms with E-state index in [4.69, 9.17) is 9.47 Å². The van der Waals surface area contributed by atoms with Crippen molar-refractivity contribution in [1.82, 2.24) is 5.01 Å². The number of methoxy groups -OCH3 is 2. The topological polar surface area (TPSA) is 97.3 Å². The minimum Gasteiger partial charge on any atom is -0.497 e. The summed E-state index contributed by atoms with van der Waals surface area (Å²) in [5.74, 6) is 1.10. The number of benzene rings is 2. The number of para-hydroxylation sites is 1. The molecular formula is C21H25N3O5S. The molecule has 0 radical (unpaired) electrons. The normalized spacial score (nSPS) is 16.2. The second-order valence-electron chi connectivity index (χ2n) is 6.89. The van der Waals surface area contributed by atoms with Crippen molar-refractivity contribution in [3.8, 4) is 11.5 Å². The number of hydrogen-bond acceptors (Lipinski definition) is 6. The van der Waals surface area contributed by atoms with Gasteiger partial charge in [0, 0.05) is 30.0 Å². The highest BCUT2D eigenvalue weighted by Crippen LogP contribution is 2.40. The molecule has 1 heterocycles. The molecule has 0 spiro atoms. The first-order valence-corrected chi connectivity index (χ1v) is 11.3. The minimum absolute atomic E-state index is 0.138. The van der Waals surface area contributed by atoms with Crippen LogP contribution in [0.4, 0.5) is 5.69 Å². The molecule has 1 aliphatic rings. The number of sulfonamides is 1. The molecule has 1 unspecified atom stereocenters. The number of rotatable bonds is 7. The Morgan fingerprint density at radius 3 is 2.57 bits per heavy atom. The lowest BCUT2D eigenvalue weighted by atomic mass is 9.96. The third-order valence-corrected chi connectivity index (χ3v) is 5.39. The van der Waals surface area contributed by atoms with Crippen molar-refractivity contribution in [2.45, 2.75) is 25.8 Å². The molecule has 3 rings (SSSR count). The predicted octanol–water partition coefficient (Wildman–Crippen LogP) is 3.16. The van der Waals surface area contributed by atoms with Gasteiger partial charge in [-0.1, -0.05) is 25.1 Å². The largest absolute Gasteiger partial charge is 0.497 e. The summed E-state index contributed by atoms with van der Waals surface area (Å²) in [6, 6.07) is 12.1. The Hall–Kier alpha value is -3.07. The molecule has 0 fully saturated rings. The van der Waals surface area contributed by atoms with Crippen LogP contribution in [0.2, 0.25) is 0 Å². The summed E-state index contributed by atoms with van der Waals surface area (Å²) in [5, 5.41) is 6.03. The minimum atomic E-state index is -3.47. The van der Waals surface area contributed by atoms with E-state index in [-0.39, 0.29) is 18.4 Å². The van der Waals surface area contributed by atoms with Gasteiger partial charge >= 0.3 is 0 Å². The van der Waals surface area contributed by atoms with Crippen molar-refractivity contribution in [2.75, 3.05) is 25.2 Å². The van der Waals surface area contributed by atoms with Crippen molar-refractivity contribution in [2.24, 2.45) is 5.10 Å². The fourth-order valence-corrected chi connectivity index (χ4v) is 4.00. The lowest BCUT2D eigenvalue weighted by Crippen LogP contribution is -2.26. The van der Waals surface area contributed by atoms with E-state index in [2.05, 4.69) is 9.82 Å². The Bertz CT molecular complexity index is 1080. The van der Waals surface area contributed by atoms with Gasteiger partial charge in [-0.2, -0.15) is 5.10 Å². The van der Waals surface area contributed by atoms with Crippen LogP contribution in [0.3, 0.4) is 0 Å². The van der Waals surface area contributed by atoms with Gasteiger partial charge in [0.2, 0.25) is 15.9 Å². The molecule has 1 amide bonds. The average molecular weight is 432 g/mol. The van der Waals surface area contributed by atoms with Gasteiger partial charge in [0.05, 0.1) is 37.9 Å². The zero-order valence-corrected chi connectivity index (χ0v) is 18.2. The summed E-state index contributed by atoms with van der Waals surface area (Å²) in [5.41, 5.74) is 2.47. The highest BCUT2D eigenvalue weighted by Gasteiger charge is 2.35. The van der Waals surface area contributed by atoms with E-state index in [1.165, 1.54) is 5.01 Å². The number of carbonyl (C=O) groups excluding carboxylic acids is 1. The van der Waals surface area contributed by atoms with Gasteiger partial charge in [-0.3, -0.25) is 9.52 Å². The molecule has 8 nitrogen and oxygen atoms in total. The van der Waals surface area contributed by atoms with Gasteiger partial charge in [0.1, 0.15) is 11.5 Å². The molecule has 160 valence electrons. The van der Waals surface area contributed by atoms with Crippen LogP contribution >= 0.6 is 0 Å². The maximum Gasteiger partial charge on any atom is 0.242 e. The van der Waals surface area contributed by atoms with Gasteiger partial charge in [-0.05, 0) is 18.2 Å². The Labute approximate surface area is 176 Å². The van der Waals surface area contributed by atoms with Crippen molar-refractivity contribution in [3.05, 3.63) is 53.6 Å². The van der Waals surface area contributed by atoms with Crippen molar-refractivity contribution >= 4 is 27.3 Å². The van der Waals surface area contributed by atoms with Crippen LogP contribution in [-0.2, 0) is 14.8 Å². The molecule has 30 heavy (non-hydrogen) atoms. The number of hydrogen-bond donors (Lipinski definition) is 1. The Morgan fingerprint density at radius 1 is 1.20 bits per heavy atom. The number of hydrazone groups is 1. The monoisotopic (exact) mass is 431 g/mol. The average Bonchev–Trinajstić information content (AvgIpc) is 3.16. The lowest BCUT2D eigenvalue weighted by Gasteiger charge is -2.23. The molecule has 0 aliphatic carbocycles. The van der Waals surface area contributed by atoms with E-state index in [1.54, 1.807) is 51.5 Å². The fourth-order valence-electron chi connectivity index (χ4n) is 3.42. The second kappa shape index (κ2) is 8.74. The molecule has 0 bridgehead atoms. The molecule has 1 aliphatic heterocycles. The van der Waals surface area contributed by atoms with Crippen LogP contribution < -0.4 is 14.2 Å². The zero-order chi connectivity index (χ0) is 21.9. The molecule has 2 aromatic carbocycles. The first kappa shape index (κ1) is 21.6. The van der Waals surface area contributed by atoms with Crippen LogP contribution in [-0.4, -0.2) is 45.5 Å². The van der Waals surface area contributed by atoms with Crippen molar-refractivity contribution in [1.29, 1.82) is 0 Å². The second-order valence-corrected chi connectivity index (χ2v) is 8.63. The van der Waals surface area contributed by atoms with Gasteiger partial charge in [0.25, 0.3) is 0 Å². The lowest BCUT2D eigenvalue weighted by molar-refractivity contribution is -0.132. The SMILES string of the molecule is CCC(=O)N1N=C(c2ccccc2NS(C)(=O)=O)CC1c1ccc(OC)cc1OC. The summed E-state index contributed by atoms with van der Waals surface area (Å²) >= 11 is 0. The number of nitrogens with one attached hydrogen (secondary N) is 1. The van der Waals surface area contributed by atoms with Gasteiger partial charge in [-0.15, -0.1) is 0 Å². The van der Waals surface area contributed by atoms with E-state index in [0.29, 0.717) is 34.9 Å². The third kappa shape index (κ3) is 4.56. The van der Waals surface area contributed by atoms with Crippen molar-refractivity contribution < 1.29 is 22.7 Å². The smallest absolute Gasteiger partial charge is 0.242 e. The van der Waals surface area contributed by atoms with E-state index in [9.17, 15) is 13.2 Å². The number of ether oxygens (including phenoxy) is 2. The number of anilines is 1. The first-order valence-electron chi connectivity index (χ1n) is 9.46. The molecule has 1 atom stereocenters. The summed E-state index contributed by atoms with van der Waals surface area (Å²) < 4.78 is 36.9. The van der Waals surface area contributed by atoms with E-state index in [1.807, 2.05) is 12.1 Å². The van der Waals surface area contributed by atoms with Gasteiger partial charge < -0.3 is 9.47 Å². The summed E-state index contributed by atoms with van der Waals surface area (Å²) in [4.78, 5) is 12.7. The van der Waals surface area contributed by atoms with Crippen LogP contribution in [0.5, 0.6) is 11.5 Å². The molecule has 2 aromatic rings. The molecular weight excluding hydrogens is 406 g/mol. The van der Waals surface area contributed by atoms with Crippen LogP contribution in [0.25, 0.3) is 0 Å². The number of nitrogens with zero attached hydrogens (tertiary/aromatic N) is 2. The Balaban J connectivity index is 2.05.